The summed E-state index contributed by atoms with van der Waals surface area (Å²) in [5.74, 6) is 0. The van der Waals surface area contributed by atoms with E-state index in [0.717, 1.165) is 0 Å². The van der Waals surface area contributed by atoms with E-state index < -0.39 is 0 Å². The van der Waals surface area contributed by atoms with E-state index in [9.17, 15) is 0 Å². The molecular formula is C6H4N5. The van der Waals surface area contributed by atoms with E-state index in [4.69, 9.17) is 5.53 Å². The van der Waals surface area contributed by atoms with Gasteiger partial charge in [0, 0.05) is 0 Å². The quantitative estimate of drug-likeness (QED) is 0.591. The molecule has 53 valence electrons. The Kier molecular flexibility index (Phi) is 1.15. The fourth-order valence-electron chi connectivity index (χ4n) is 0.908. The van der Waals surface area contributed by atoms with Gasteiger partial charge in [0.2, 0.25) is 0 Å². The van der Waals surface area contributed by atoms with Gasteiger partial charge in [0.05, 0.1) is 0 Å². The molecule has 2 rings (SSSR count). The minimum Gasteiger partial charge on any atom is -0.204 e. The molecule has 0 aliphatic carbocycles. The largest absolute Gasteiger partial charge is 0.204 e. The Balaban J connectivity index is 2.63. The molecule has 0 saturated heterocycles. The highest BCUT2D eigenvalue weighted by Gasteiger charge is 2.12. The van der Waals surface area contributed by atoms with Crippen molar-refractivity contribution < 1.29 is 0 Å². The van der Waals surface area contributed by atoms with E-state index in [1.54, 1.807) is 18.2 Å². The van der Waals surface area contributed by atoms with Gasteiger partial charge in [-0.05, 0) is 17.4 Å². The van der Waals surface area contributed by atoms with E-state index in [1.807, 2.05) is 0 Å². The van der Waals surface area contributed by atoms with Gasteiger partial charge in [-0.2, -0.15) is 5.11 Å². The Hall–Kier alpha value is -1.78. The van der Waals surface area contributed by atoms with Gasteiger partial charge in [0.25, 0.3) is 0 Å². The van der Waals surface area contributed by atoms with Crippen molar-refractivity contribution in [2.45, 2.75) is 0 Å². The third-order valence-corrected chi connectivity index (χ3v) is 1.41. The highest BCUT2D eigenvalue weighted by molar-refractivity contribution is 5.75. The molecule has 5 heteroatoms. The number of nitrogens with zero attached hydrogens (tertiary/aromatic N) is 4. The molecule has 1 N–H and O–H groups in total. The fraction of sp³-hybridized carbons (Fsp3) is 0. The van der Waals surface area contributed by atoms with Crippen molar-refractivity contribution in [2.24, 2.45) is 15.5 Å². The van der Waals surface area contributed by atoms with Crippen LogP contribution in [-0.2, 0) is 0 Å². The minimum atomic E-state index is 0.507. The minimum absolute atomic E-state index is 0.507. The van der Waals surface area contributed by atoms with Gasteiger partial charge in [-0.15, -0.1) is 10.5 Å². The maximum atomic E-state index is 6.79. The SMILES string of the molecule is N=Nc1cccc2c1[N]N=N2. The Morgan fingerprint density at radius 2 is 2.27 bits per heavy atom. The molecule has 1 radical (unpaired) electrons. The van der Waals surface area contributed by atoms with Crippen molar-refractivity contribution in [3.8, 4) is 0 Å². The van der Waals surface area contributed by atoms with Gasteiger partial charge in [-0.1, -0.05) is 6.07 Å². The first kappa shape index (κ1) is 5.96. The van der Waals surface area contributed by atoms with Crippen molar-refractivity contribution in [3.63, 3.8) is 0 Å². The lowest BCUT2D eigenvalue weighted by Crippen LogP contribution is -1.78. The second kappa shape index (κ2) is 2.12. The average Bonchev–Trinajstić information content (AvgIpc) is 2.50. The first-order valence-corrected chi connectivity index (χ1v) is 3.04. The smallest absolute Gasteiger partial charge is 0.143 e. The molecule has 0 fully saturated rings. The Labute approximate surface area is 62.6 Å². The van der Waals surface area contributed by atoms with E-state index in [-0.39, 0.29) is 0 Å². The topological polar surface area (TPSA) is 75.0 Å². The summed E-state index contributed by atoms with van der Waals surface area (Å²) in [4.78, 5) is 0. The zero-order valence-corrected chi connectivity index (χ0v) is 5.52. The fourth-order valence-corrected chi connectivity index (χ4v) is 0.908. The summed E-state index contributed by atoms with van der Waals surface area (Å²) in [7, 11) is 0. The first-order valence-electron chi connectivity index (χ1n) is 3.04. The van der Waals surface area contributed by atoms with Crippen molar-refractivity contribution in [1.82, 2.24) is 5.43 Å². The highest BCUT2D eigenvalue weighted by Crippen LogP contribution is 2.38. The summed E-state index contributed by atoms with van der Waals surface area (Å²) < 4.78 is 0. The maximum absolute atomic E-state index is 6.79. The van der Waals surface area contributed by atoms with Crippen LogP contribution in [0.5, 0.6) is 0 Å². The van der Waals surface area contributed by atoms with Crippen LogP contribution in [0.15, 0.2) is 33.7 Å². The molecule has 1 aromatic carbocycles. The average molecular weight is 146 g/mol. The van der Waals surface area contributed by atoms with E-state index in [1.165, 1.54) is 0 Å². The third kappa shape index (κ3) is 0.778. The van der Waals surface area contributed by atoms with Crippen LogP contribution in [0.4, 0.5) is 17.1 Å². The lowest BCUT2D eigenvalue weighted by atomic mass is 10.2. The van der Waals surface area contributed by atoms with E-state index in [0.29, 0.717) is 17.1 Å². The van der Waals surface area contributed by atoms with Crippen molar-refractivity contribution >= 4 is 17.1 Å². The number of rotatable bonds is 1. The van der Waals surface area contributed by atoms with Crippen molar-refractivity contribution in [1.29, 1.82) is 5.53 Å². The summed E-state index contributed by atoms with van der Waals surface area (Å²) in [6.07, 6.45) is 0. The summed E-state index contributed by atoms with van der Waals surface area (Å²) in [6, 6.07) is 5.25. The van der Waals surface area contributed by atoms with Gasteiger partial charge >= 0.3 is 0 Å². The van der Waals surface area contributed by atoms with Crippen LogP contribution in [0, 0.1) is 5.53 Å². The molecule has 1 aliphatic heterocycles. The predicted octanol–water partition coefficient (Wildman–Crippen LogP) is 2.60. The summed E-state index contributed by atoms with van der Waals surface area (Å²) in [5, 5.41) is 10.5. The number of hydrogen-bond acceptors (Lipinski definition) is 4. The van der Waals surface area contributed by atoms with Gasteiger partial charge in [0.1, 0.15) is 17.1 Å². The molecule has 0 aromatic heterocycles. The highest BCUT2D eigenvalue weighted by atomic mass is 15.5. The van der Waals surface area contributed by atoms with Crippen LogP contribution in [-0.4, -0.2) is 0 Å². The summed E-state index contributed by atoms with van der Waals surface area (Å²) in [6.45, 7) is 0. The predicted molar refractivity (Wildman–Crippen MR) is 37.6 cm³/mol. The van der Waals surface area contributed by atoms with Gasteiger partial charge < -0.3 is 0 Å². The summed E-state index contributed by atoms with van der Waals surface area (Å²) in [5.41, 5.74) is 12.3. The molecule has 1 aromatic rings. The molecule has 0 unspecified atom stereocenters. The van der Waals surface area contributed by atoms with E-state index in [2.05, 4.69) is 20.9 Å². The first-order chi connectivity index (χ1) is 5.42. The molecule has 1 aliphatic rings. The van der Waals surface area contributed by atoms with Crippen molar-refractivity contribution in [2.75, 3.05) is 0 Å². The normalized spacial score (nSPS) is 12.4. The molecule has 0 spiro atoms. The molecule has 0 bridgehead atoms. The van der Waals surface area contributed by atoms with Crippen molar-refractivity contribution in [3.05, 3.63) is 18.2 Å². The van der Waals surface area contributed by atoms with Crippen LogP contribution in [0.25, 0.3) is 0 Å². The van der Waals surface area contributed by atoms with Crippen LogP contribution >= 0.6 is 0 Å². The third-order valence-electron chi connectivity index (χ3n) is 1.41. The zero-order valence-electron chi connectivity index (χ0n) is 5.52. The Morgan fingerprint density at radius 1 is 1.36 bits per heavy atom. The monoisotopic (exact) mass is 146 g/mol. The zero-order chi connectivity index (χ0) is 7.68. The lowest BCUT2D eigenvalue weighted by Gasteiger charge is -1.94. The number of benzene rings is 1. The van der Waals surface area contributed by atoms with Gasteiger partial charge in [-0.25, -0.2) is 5.53 Å². The number of nitrogens with one attached hydrogen (secondary N) is 1. The molecule has 5 nitrogen and oxygen atoms in total. The van der Waals surface area contributed by atoms with Crippen LogP contribution in [0.1, 0.15) is 0 Å². The molecule has 11 heavy (non-hydrogen) atoms. The summed E-state index contributed by atoms with van der Waals surface area (Å²) >= 11 is 0. The van der Waals surface area contributed by atoms with Crippen LogP contribution in [0.2, 0.25) is 0 Å². The van der Waals surface area contributed by atoms with Crippen LogP contribution in [0.3, 0.4) is 0 Å². The Morgan fingerprint density at radius 3 is 3.09 bits per heavy atom. The van der Waals surface area contributed by atoms with Crippen LogP contribution < -0.4 is 5.43 Å². The molecule has 1 heterocycles. The number of hydrogen-bond donors (Lipinski definition) is 1. The standard InChI is InChI=1S/C6H4N5/c7-8-4-2-1-3-5-6(4)10-11-9-5/h1-3,7H. The van der Waals surface area contributed by atoms with Gasteiger partial charge in [0.15, 0.2) is 0 Å². The second-order valence-corrected chi connectivity index (χ2v) is 2.05. The molecule has 0 amide bonds. The molecule has 0 atom stereocenters. The lowest BCUT2D eigenvalue weighted by molar-refractivity contribution is 0.919. The Bertz CT molecular complexity index is 330. The second-order valence-electron chi connectivity index (χ2n) is 2.05. The molecule has 0 saturated carbocycles. The molecular weight excluding hydrogens is 142 g/mol. The maximum Gasteiger partial charge on any atom is 0.143 e. The van der Waals surface area contributed by atoms with E-state index >= 15 is 0 Å². The van der Waals surface area contributed by atoms with Gasteiger partial charge in [-0.3, -0.25) is 0 Å². The number of fused-ring (bicyclic) bond motifs is 1.